The molecule has 1 aliphatic heterocycles. The second-order valence-electron chi connectivity index (χ2n) is 7.34. The number of hydrogen-bond acceptors (Lipinski definition) is 3. The molecule has 0 radical (unpaired) electrons. The molecule has 1 amide bonds. The lowest BCUT2D eigenvalue weighted by Crippen LogP contribution is -2.53. The van der Waals surface area contributed by atoms with Crippen LogP contribution in [0.3, 0.4) is 0 Å². The Kier molecular flexibility index (Phi) is 5.34. The van der Waals surface area contributed by atoms with E-state index in [1.807, 2.05) is 54.2 Å². The van der Waals surface area contributed by atoms with E-state index in [9.17, 15) is 13.2 Å². The van der Waals surface area contributed by atoms with E-state index in [0.29, 0.717) is 31.1 Å². The second-order valence-corrected chi connectivity index (χ2v) is 9.28. The van der Waals surface area contributed by atoms with Crippen molar-refractivity contribution < 1.29 is 17.8 Å². The summed E-state index contributed by atoms with van der Waals surface area (Å²) in [5, 5.41) is 2.21. The molecule has 0 N–H and O–H groups in total. The van der Waals surface area contributed by atoms with Gasteiger partial charge in [-0.05, 0) is 30.5 Å². The lowest BCUT2D eigenvalue weighted by molar-refractivity contribution is -0.683. The van der Waals surface area contributed by atoms with Crippen LogP contribution in [0.4, 0.5) is 0 Å². The van der Waals surface area contributed by atoms with Crippen molar-refractivity contribution in [1.29, 1.82) is 0 Å². The summed E-state index contributed by atoms with van der Waals surface area (Å²) in [4.78, 5) is 14.7. The molecule has 0 bridgehead atoms. The maximum Gasteiger partial charge on any atom is 0.288 e. The fourth-order valence-corrected chi connectivity index (χ4v) is 4.99. The van der Waals surface area contributed by atoms with Crippen LogP contribution in [0.15, 0.2) is 71.9 Å². The molecule has 1 aliphatic rings. The number of amides is 1. The quantitative estimate of drug-likeness (QED) is 0.618. The molecular formula is C22H24N3O3S+. The van der Waals surface area contributed by atoms with Crippen LogP contribution in [-0.2, 0) is 21.4 Å². The Labute approximate surface area is 171 Å². The zero-order valence-electron chi connectivity index (χ0n) is 16.4. The van der Waals surface area contributed by atoms with E-state index in [0.717, 1.165) is 16.3 Å². The maximum absolute atomic E-state index is 12.8. The van der Waals surface area contributed by atoms with Gasteiger partial charge in [-0.1, -0.05) is 35.9 Å². The van der Waals surface area contributed by atoms with Gasteiger partial charge < -0.3 is 4.90 Å². The zero-order valence-corrected chi connectivity index (χ0v) is 17.2. The Morgan fingerprint density at radius 2 is 1.59 bits per heavy atom. The third-order valence-electron chi connectivity index (χ3n) is 5.31. The molecule has 1 fully saturated rings. The lowest BCUT2D eigenvalue weighted by atomic mass is 10.2. The summed E-state index contributed by atoms with van der Waals surface area (Å²) in [6, 6.07) is 16.9. The third-order valence-corrected chi connectivity index (χ3v) is 7.23. The number of aromatic nitrogens is 1. The van der Waals surface area contributed by atoms with Gasteiger partial charge in [0.15, 0.2) is 12.4 Å². The van der Waals surface area contributed by atoms with Gasteiger partial charge in [0.2, 0.25) is 16.6 Å². The molecule has 0 unspecified atom stereocenters. The van der Waals surface area contributed by atoms with Crippen LogP contribution in [0.25, 0.3) is 10.8 Å². The Morgan fingerprint density at radius 1 is 0.931 bits per heavy atom. The predicted octanol–water partition coefficient (Wildman–Crippen LogP) is 1.97. The van der Waals surface area contributed by atoms with E-state index in [4.69, 9.17) is 0 Å². The van der Waals surface area contributed by atoms with Crippen molar-refractivity contribution in [2.75, 3.05) is 26.2 Å². The Hall–Kier alpha value is -2.77. The first-order chi connectivity index (χ1) is 13.9. The monoisotopic (exact) mass is 410 g/mol. The summed E-state index contributed by atoms with van der Waals surface area (Å²) < 4.78 is 29.0. The highest BCUT2D eigenvalue weighted by Gasteiger charge is 2.30. The van der Waals surface area contributed by atoms with Crippen LogP contribution >= 0.6 is 0 Å². The van der Waals surface area contributed by atoms with Gasteiger partial charge in [-0.25, -0.2) is 8.42 Å². The molecule has 0 aliphatic carbocycles. The molecule has 0 atom stereocenters. The summed E-state index contributed by atoms with van der Waals surface area (Å²) in [7, 11) is -3.52. The number of pyridine rings is 1. The lowest BCUT2D eigenvalue weighted by Gasteiger charge is -2.33. The van der Waals surface area contributed by atoms with Gasteiger partial charge in [-0.2, -0.15) is 8.87 Å². The highest BCUT2D eigenvalue weighted by molar-refractivity contribution is 7.89. The Bertz CT molecular complexity index is 1140. The van der Waals surface area contributed by atoms with Gasteiger partial charge in [0.05, 0.1) is 4.90 Å². The van der Waals surface area contributed by atoms with Gasteiger partial charge in [0.25, 0.3) is 5.91 Å². The topological polar surface area (TPSA) is 61.6 Å². The number of hydrogen-bond donors (Lipinski definition) is 0. The highest BCUT2D eigenvalue weighted by atomic mass is 32.2. The molecule has 7 heteroatoms. The largest absolute Gasteiger partial charge is 0.335 e. The first-order valence-electron chi connectivity index (χ1n) is 9.66. The minimum atomic E-state index is -3.52. The van der Waals surface area contributed by atoms with Crippen LogP contribution in [0.5, 0.6) is 0 Å². The highest BCUT2D eigenvalue weighted by Crippen LogP contribution is 2.18. The van der Waals surface area contributed by atoms with Gasteiger partial charge in [-0.15, -0.1) is 0 Å². The number of aryl methyl sites for hydroxylation is 1. The maximum atomic E-state index is 12.8. The van der Waals surface area contributed by atoms with Crippen LogP contribution in [0.2, 0.25) is 0 Å². The fraction of sp³-hybridized carbons (Fsp3) is 0.273. The SMILES string of the molecule is Cc1ccc(S(=O)(=O)N2CCN(C(=O)C[n+]3ccc4ccccc4c3)CC2)cc1. The van der Waals surface area contributed by atoms with E-state index >= 15 is 0 Å². The van der Waals surface area contributed by atoms with Crippen molar-refractivity contribution in [2.24, 2.45) is 0 Å². The number of fused-ring (bicyclic) bond motifs is 1. The van der Waals surface area contributed by atoms with E-state index in [1.165, 1.54) is 4.31 Å². The van der Waals surface area contributed by atoms with Crippen LogP contribution in [0.1, 0.15) is 5.56 Å². The van der Waals surface area contributed by atoms with Crippen molar-refractivity contribution in [2.45, 2.75) is 18.4 Å². The van der Waals surface area contributed by atoms with E-state index in [1.54, 1.807) is 29.2 Å². The smallest absolute Gasteiger partial charge is 0.288 e. The molecule has 150 valence electrons. The van der Waals surface area contributed by atoms with Gasteiger partial charge >= 0.3 is 0 Å². The number of piperazine rings is 1. The molecule has 0 spiro atoms. The molecule has 3 aromatic rings. The molecule has 4 rings (SSSR count). The van der Waals surface area contributed by atoms with Crippen LogP contribution in [0, 0.1) is 6.92 Å². The molecule has 2 aromatic carbocycles. The van der Waals surface area contributed by atoms with E-state index < -0.39 is 10.0 Å². The van der Waals surface area contributed by atoms with Crippen molar-refractivity contribution in [3.05, 3.63) is 72.6 Å². The van der Waals surface area contributed by atoms with Crippen molar-refractivity contribution in [3.63, 3.8) is 0 Å². The standard InChI is InChI=1S/C22H24N3O3S/c1-18-6-8-21(9-7-18)29(27,28)25-14-12-24(13-15-25)22(26)17-23-11-10-19-4-2-3-5-20(19)16-23/h2-11,16H,12-15,17H2,1H3/q+1. The first kappa shape index (κ1) is 19.5. The predicted molar refractivity (Wildman–Crippen MR) is 111 cm³/mol. The van der Waals surface area contributed by atoms with Crippen molar-refractivity contribution in [1.82, 2.24) is 9.21 Å². The van der Waals surface area contributed by atoms with Gasteiger partial charge in [0, 0.05) is 37.6 Å². The van der Waals surface area contributed by atoms with E-state index in [2.05, 4.69) is 0 Å². The van der Waals surface area contributed by atoms with Crippen molar-refractivity contribution >= 4 is 26.7 Å². The summed E-state index contributed by atoms with van der Waals surface area (Å²) in [6.07, 6.45) is 3.86. The Morgan fingerprint density at radius 3 is 2.28 bits per heavy atom. The van der Waals surface area contributed by atoms with Crippen LogP contribution in [-0.4, -0.2) is 49.7 Å². The summed E-state index contributed by atoms with van der Waals surface area (Å²) in [5.74, 6) is -0.00216. The molecule has 0 saturated carbocycles. The number of carbonyl (C=O) groups is 1. The summed E-state index contributed by atoms with van der Waals surface area (Å²) in [5.41, 5.74) is 1.02. The Balaban J connectivity index is 1.39. The molecule has 1 aromatic heterocycles. The van der Waals surface area contributed by atoms with Crippen molar-refractivity contribution in [3.8, 4) is 0 Å². The first-order valence-corrected chi connectivity index (χ1v) is 11.1. The number of benzene rings is 2. The molecule has 2 heterocycles. The van der Waals surface area contributed by atoms with Gasteiger partial charge in [0.1, 0.15) is 0 Å². The summed E-state index contributed by atoms with van der Waals surface area (Å²) in [6.45, 7) is 3.59. The molecule has 29 heavy (non-hydrogen) atoms. The number of sulfonamides is 1. The minimum absolute atomic E-state index is 0.00216. The third kappa shape index (κ3) is 4.16. The number of rotatable bonds is 4. The molecule has 6 nitrogen and oxygen atoms in total. The average molecular weight is 411 g/mol. The average Bonchev–Trinajstić information content (AvgIpc) is 2.74. The molecular weight excluding hydrogens is 386 g/mol. The summed E-state index contributed by atoms with van der Waals surface area (Å²) >= 11 is 0. The van der Waals surface area contributed by atoms with Gasteiger partial charge in [-0.3, -0.25) is 4.79 Å². The second kappa shape index (κ2) is 7.93. The molecule has 1 saturated heterocycles. The number of carbonyl (C=O) groups excluding carboxylic acids is 1. The fourth-order valence-electron chi connectivity index (χ4n) is 3.57. The van der Waals surface area contributed by atoms with E-state index in [-0.39, 0.29) is 12.5 Å². The number of nitrogens with zero attached hydrogens (tertiary/aromatic N) is 3. The normalized spacial score (nSPS) is 15.6. The zero-order chi connectivity index (χ0) is 20.4. The van der Waals surface area contributed by atoms with Crippen LogP contribution < -0.4 is 4.57 Å². The minimum Gasteiger partial charge on any atom is -0.335 e.